The van der Waals surface area contributed by atoms with E-state index in [4.69, 9.17) is 4.42 Å². The molecule has 0 saturated carbocycles. The van der Waals surface area contributed by atoms with Gasteiger partial charge in [-0.15, -0.1) is 10.2 Å². The number of benzene rings is 1. The van der Waals surface area contributed by atoms with E-state index in [1.807, 2.05) is 66.2 Å². The van der Waals surface area contributed by atoms with E-state index in [0.717, 1.165) is 17.0 Å². The third-order valence-corrected chi connectivity index (χ3v) is 5.39. The van der Waals surface area contributed by atoms with Crippen LogP contribution in [0.2, 0.25) is 0 Å². The molecular weight excluding hydrogens is 386 g/mol. The van der Waals surface area contributed by atoms with Crippen LogP contribution >= 0.6 is 11.8 Å². The van der Waals surface area contributed by atoms with Crippen molar-refractivity contribution in [2.45, 2.75) is 11.2 Å². The van der Waals surface area contributed by atoms with Crippen molar-refractivity contribution in [2.75, 3.05) is 5.75 Å². The van der Waals surface area contributed by atoms with Crippen molar-refractivity contribution < 1.29 is 9.21 Å². The van der Waals surface area contributed by atoms with Crippen molar-refractivity contribution in [3.8, 4) is 11.4 Å². The summed E-state index contributed by atoms with van der Waals surface area (Å²) in [5.74, 6) is 1.52. The zero-order valence-electron chi connectivity index (χ0n) is 15.7. The Labute approximate surface area is 172 Å². The molecule has 0 unspecified atom stereocenters. The van der Waals surface area contributed by atoms with Crippen molar-refractivity contribution in [3.63, 3.8) is 0 Å². The number of hydrogen-bond acceptors (Lipinski definition) is 6. The molecule has 7 nitrogen and oxygen atoms in total. The Kier molecular flexibility index (Phi) is 5.71. The van der Waals surface area contributed by atoms with Gasteiger partial charge >= 0.3 is 0 Å². The summed E-state index contributed by atoms with van der Waals surface area (Å²) in [6, 6.07) is 16.8. The molecule has 0 bridgehead atoms. The molecule has 0 aliphatic heterocycles. The van der Waals surface area contributed by atoms with Gasteiger partial charge in [0.15, 0.2) is 11.0 Å². The van der Waals surface area contributed by atoms with Gasteiger partial charge in [-0.25, -0.2) is 0 Å². The van der Waals surface area contributed by atoms with Gasteiger partial charge in [0.05, 0.1) is 12.0 Å². The van der Waals surface area contributed by atoms with E-state index in [0.29, 0.717) is 10.9 Å². The molecule has 0 radical (unpaired) electrons. The molecule has 146 valence electrons. The molecule has 29 heavy (non-hydrogen) atoms. The van der Waals surface area contributed by atoms with Gasteiger partial charge in [0.25, 0.3) is 0 Å². The molecule has 1 aromatic carbocycles. The topological polar surface area (TPSA) is 85.8 Å². The quantitative estimate of drug-likeness (QED) is 0.474. The number of carbonyl (C=O) groups is 1. The maximum Gasteiger partial charge on any atom is 0.231 e. The van der Waals surface area contributed by atoms with Crippen LogP contribution in [0.4, 0.5) is 0 Å². The lowest BCUT2D eigenvalue weighted by Crippen LogP contribution is -2.30. The van der Waals surface area contributed by atoms with Crippen LogP contribution in [-0.2, 0) is 11.8 Å². The van der Waals surface area contributed by atoms with Crippen LogP contribution in [0.3, 0.4) is 0 Å². The maximum atomic E-state index is 12.6. The fourth-order valence-corrected chi connectivity index (χ4v) is 3.67. The van der Waals surface area contributed by atoms with Crippen molar-refractivity contribution >= 4 is 17.7 Å². The Balaban J connectivity index is 1.44. The van der Waals surface area contributed by atoms with Crippen molar-refractivity contribution in [2.24, 2.45) is 7.05 Å². The Morgan fingerprint density at radius 2 is 1.90 bits per heavy atom. The lowest BCUT2D eigenvalue weighted by Gasteiger charge is -2.17. The Hall–Kier alpha value is -3.39. The van der Waals surface area contributed by atoms with Gasteiger partial charge in [0.2, 0.25) is 5.91 Å². The number of amides is 1. The number of hydrogen-bond donors (Lipinski definition) is 1. The summed E-state index contributed by atoms with van der Waals surface area (Å²) in [5, 5.41) is 12.2. The van der Waals surface area contributed by atoms with E-state index in [-0.39, 0.29) is 17.7 Å². The summed E-state index contributed by atoms with van der Waals surface area (Å²) in [4.78, 5) is 16.7. The van der Waals surface area contributed by atoms with Crippen LogP contribution in [-0.4, -0.2) is 31.4 Å². The van der Waals surface area contributed by atoms with Gasteiger partial charge in [-0.05, 0) is 29.8 Å². The van der Waals surface area contributed by atoms with Crippen LogP contribution in [0.5, 0.6) is 0 Å². The number of nitrogens with zero attached hydrogens (tertiary/aromatic N) is 4. The first kappa shape index (κ1) is 18.9. The summed E-state index contributed by atoms with van der Waals surface area (Å²) in [5.41, 5.74) is 1.88. The van der Waals surface area contributed by atoms with E-state index in [9.17, 15) is 4.79 Å². The highest BCUT2D eigenvalue weighted by Crippen LogP contribution is 2.24. The molecule has 0 aliphatic rings. The molecule has 4 aromatic rings. The number of thioether (sulfide) groups is 1. The molecule has 4 rings (SSSR count). The summed E-state index contributed by atoms with van der Waals surface area (Å²) >= 11 is 1.34. The molecule has 0 fully saturated rings. The number of carbonyl (C=O) groups excluding carboxylic acids is 1. The van der Waals surface area contributed by atoms with Gasteiger partial charge in [-0.2, -0.15) is 0 Å². The fourth-order valence-electron chi connectivity index (χ4n) is 2.95. The number of nitrogens with one attached hydrogen (secondary N) is 1. The Morgan fingerprint density at radius 3 is 2.62 bits per heavy atom. The highest BCUT2D eigenvalue weighted by atomic mass is 32.2. The molecule has 1 amide bonds. The molecule has 0 saturated heterocycles. The molecule has 1 N–H and O–H groups in total. The maximum absolute atomic E-state index is 12.6. The fraction of sp³-hybridized carbons (Fsp3) is 0.143. The van der Waals surface area contributed by atoms with E-state index >= 15 is 0 Å². The highest BCUT2D eigenvalue weighted by molar-refractivity contribution is 7.99. The van der Waals surface area contributed by atoms with Crippen LogP contribution in [0.25, 0.3) is 11.4 Å². The van der Waals surface area contributed by atoms with E-state index < -0.39 is 0 Å². The summed E-state index contributed by atoms with van der Waals surface area (Å²) < 4.78 is 7.40. The third kappa shape index (κ3) is 4.38. The average Bonchev–Trinajstić information content (AvgIpc) is 3.42. The lowest BCUT2D eigenvalue weighted by molar-refractivity contribution is -0.119. The van der Waals surface area contributed by atoms with Crippen LogP contribution in [0, 0.1) is 0 Å². The monoisotopic (exact) mass is 405 g/mol. The van der Waals surface area contributed by atoms with E-state index in [2.05, 4.69) is 20.5 Å². The number of pyridine rings is 1. The normalized spacial score (nSPS) is 11.9. The minimum Gasteiger partial charge on any atom is -0.467 e. The van der Waals surface area contributed by atoms with Gasteiger partial charge in [0.1, 0.15) is 11.8 Å². The third-order valence-electron chi connectivity index (χ3n) is 4.37. The predicted molar refractivity (Wildman–Crippen MR) is 110 cm³/mol. The largest absolute Gasteiger partial charge is 0.467 e. The van der Waals surface area contributed by atoms with Crippen LogP contribution < -0.4 is 5.32 Å². The summed E-state index contributed by atoms with van der Waals surface area (Å²) in [7, 11) is 1.88. The molecular formula is C21H19N5O2S. The minimum absolute atomic E-state index is 0.117. The number of aromatic nitrogens is 4. The van der Waals surface area contributed by atoms with Crippen molar-refractivity contribution in [1.29, 1.82) is 0 Å². The second-order valence-electron chi connectivity index (χ2n) is 6.32. The lowest BCUT2D eigenvalue weighted by atomic mass is 10.0. The van der Waals surface area contributed by atoms with Crippen LogP contribution in [0.15, 0.2) is 82.8 Å². The smallest absolute Gasteiger partial charge is 0.231 e. The molecule has 0 aliphatic carbocycles. The van der Waals surface area contributed by atoms with Crippen LogP contribution in [0.1, 0.15) is 17.4 Å². The number of rotatable bonds is 7. The number of furan rings is 1. The zero-order valence-corrected chi connectivity index (χ0v) is 16.5. The molecule has 3 aromatic heterocycles. The zero-order chi connectivity index (χ0) is 20.1. The first-order chi connectivity index (χ1) is 14.2. The highest BCUT2D eigenvalue weighted by Gasteiger charge is 2.20. The first-order valence-corrected chi connectivity index (χ1v) is 10.0. The van der Waals surface area contributed by atoms with Gasteiger partial charge in [0, 0.05) is 25.0 Å². The van der Waals surface area contributed by atoms with Crippen molar-refractivity contribution in [3.05, 3.63) is 84.6 Å². The molecule has 3 heterocycles. The second-order valence-corrected chi connectivity index (χ2v) is 7.26. The van der Waals surface area contributed by atoms with Gasteiger partial charge in [-0.1, -0.05) is 42.1 Å². The standard InChI is InChI=1S/C21H19N5O2S/c1-26-20(16-9-11-22-12-10-16)24-25-21(26)29-14-18(27)23-19(17-8-5-13-28-17)15-6-3-2-4-7-15/h2-13,19H,14H2,1H3,(H,23,27)/t19-/m0/s1. The second kappa shape index (κ2) is 8.74. The van der Waals surface area contributed by atoms with E-state index in [1.165, 1.54) is 11.8 Å². The predicted octanol–water partition coefficient (Wildman–Crippen LogP) is 3.47. The molecule has 0 spiro atoms. The minimum atomic E-state index is -0.342. The summed E-state index contributed by atoms with van der Waals surface area (Å²) in [6.07, 6.45) is 5.03. The molecule has 1 atom stereocenters. The molecule has 8 heteroatoms. The summed E-state index contributed by atoms with van der Waals surface area (Å²) in [6.45, 7) is 0. The van der Waals surface area contributed by atoms with Gasteiger partial charge < -0.3 is 14.3 Å². The van der Waals surface area contributed by atoms with Crippen molar-refractivity contribution in [1.82, 2.24) is 25.1 Å². The Bertz CT molecular complexity index is 1070. The SMILES string of the molecule is Cn1c(SCC(=O)N[C@@H](c2ccccc2)c2ccco2)nnc1-c1ccncc1. The van der Waals surface area contributed by atoms with E-state index in [1.54, 1.807) is 18.7 Å². The first-order valence-electron chi connectivity index (χ1n) is 9.02. The Morgan fingerprint density at radius 1 is 1.10 bits per heavy atom. The average molecular weight is 405 g/mol. The van der Waals surface area contributed by atoms with Gasteiger partial charge in [-0.3, -0.25) is 9.78 Å².